The molecule has 0 bridgehead atoms. The van der Waals surface area contributed by atoms with Gasteiger partial charge in [-0.25, -0.2) is 0 Å². The molecule has 0 amide bonds. The van der Waals surface area contributed by atoms with Crippen LogP contribution in [0.2, 0.25) is 0 Å². The van der Waals surface area contributed by atoms with Crippen molar-refractivity contribution in [1.29, 1.82) is 0 Å². The van der Waals surface area contributed by atoms with Crippen LogP contribution in [0.4, 0.5) is 0 Å². The molecule has 0 spiro atoms. The Labute approximate surface area is 199 Å². The maximum Gasteiger partial charge on any atom is 0.315 e. The van der Waals surface area contributed by atoms with Crippen molar-refractivity contribution in [3.8, 4) is 11.5 Å². The molecule has 4 rings (SSSR count). The Morgan fingerprint density at radius 1 is 1.15 bits per heavy atom. The molecule has 1 aliphatic carbocycles. The second-order valence-corrected chi connectivity index (χ2v) is 8.45. The van der Waals surface area contributed by atoms with Gasteiger partial charge < -0.3 is 14.2 Å². The van der Waals surface area contributed by atoms with E-state index >= 15 is 0 Å². The molecule has 6 heteroatoms. The molecule has 2 aliphatic rings. The molecule has 2 aromatic carbocycles. The lowest BCUT2D eigenvalue weighted by Gasteiger charge is -2.34. The molecule has 6 nitrogen and oxygen atoms in total. The number of nitrogens with zero attached hydrogens (tertiary/aromatic N) is 1. The smallest absolute Gasteiger partial charge is 0.315 e. The lowest BCUT2D eigenvalue weighted by atomic mass is 9.71. The van der Waals surface area contributed by atoms with Gasteiger partial charge in [0.1, 0.15) is 19.1 Å². The summed E-state index contributed by atoms with van der Waals surface area (Å²) in [7, 11) is 1.58. The molecule has 1 aliphatic heterocycles. The zero-order chi connectivity index (χ0) is 24.1. The van der Waals surface area contributed by atoms with Crippen molar-refractivity contribution in [2.45, 2.75) is 38.7 Å². The minimum atomic E-state index is -0.693. The number of aliphatic imine (C=N–C) groups is 1. The fraction of sp³-hybridized carbons (Fsp3) is 0.321. The average Bonchev–Trinajstić information content (AvgIpc) is 2.86. The van der Waals surface area contributed by atoms with Crippen LogP contribution < -0.4 is 9.47 Å². The number of carbonyl (C=O) groups is 2. The summed E-state index contributed by atoms with van der Waals surface area (Å²) < 4.78 is 17.0. The van der Waals surface area contributed by atoms with Gasteiger partial charge in [-0.15, -0.1) is 0 Å². The number of benzene rings is 2. The number of ether oxygens (including phenoxy) is 3. The summed E-state index contributed by atoms with van der Waals surface area (Å²) in [5.74, 6) is -0.438. The molecule has 1 heterocycles. The van der Waals surface area contributed by atoms with Gasteiger partial charge in [0.05, 0.1) is 7.11 Å². The number of hydrogen-bond donors (Lipinski definition) is 0. The third kappa shape index (κ3) is 4.81. The summed E-state index contributed by atoms with van der Waals surface area (Å²) in [6.45, 7) is 5.95. The lowest BCUT2D eigenvalue weighted by molar-refractivity contribution is -0.145. The molecular formula is C28H29NO5. The third-order valence-electron chi connectivity index (χ3n) is 6.22. The van der Waals surface area contributed by atoms with Crippen LogP contribution in [-0.4, -0.2) is 31.2 Å². The summed E-state index contributed by atoms with van der Waals surface area (Å²) >= 11 is 0. The largest absolute Gasteiger partial charge is 0.493 e. The van der Waals surface area contributed by atoms with Gasteiger partial charge in [-0.1, -0.05) is 49.1 Å². The highest BCUT2D eigenvalue weighted by Gasteiger charge is 2.43. The maximum atomic E-state index is 13.1. The summed E-state index contributed by atoms with van der Waals surface area (Å²) in [5.41, 5.74) is 3.87. The highest BCUT2D eigenvalue weighted by molar-refractivity contribution is 6.08. The minimum Gasteiger partial charge on any atom is -0.493 e. The summed E-state index contributed by atoms with van der Waals surface area (Å²) in [6, 6.07) is 15.4. The van der Waals surface area contributed by atoms with Crippen molar-refractivity contribution in [3.63, 3.8) is 0 Å². The Bertz CT molecular complexity index is 1150. The zero-order valence-electron chi connectivity index (χ0n) is 19.6. The standard InChI is InChI=1S/C28H29NO5/c1-4-15-33-28(31)25-18(2)29-21-11-8-12-22(30)27(21)26(25)20-13-14-23(24(16-20)32-3)34-17-19-9-6-5-7-10-19/h4-7,9-10,13-14,16,25-26H,1,8,11-12,15,17H2,2-3H3/t25?,26-/m1/s1. The van der Waals surface area contributed by atoms with Gasteiger partial charge in [0, 0.05) is 29.3 Å². The van der Waals surface area contributed by atoms with Crippen LogP contribution in [0.1, 0.15) is 43.2 Å². The van der Waals surface area contributed by atoms with Crippen molar-refractivity contribution < 1.29 is 23.8 Å². The summed E-state index contributed by atoms with van der Waals surface area (Å²) in [6.07, 6.45) is 3.47. The number of esters is 1. The van der Waals surface area contributed by atoms with E-state index in [4.69, 9.17) is 14.2 Å². The van der Waals surface area contributed by atoms with Crippen LogP contribution in [0.5, 0.6) is 11.5 Å². The topological polar surface area (TPSA) is 74.2 Å². The molecule has 176 valence electrons. The number of hydrogen-bond acceptors (Lipinski definition) is 6. The number of Topliss-reactive ketones (excluding diaryl/α,β-unsaturated/α-hetero) is 1. The maximum absolute atomic E-state index is 13.1. The van der Waals surface area contributed by atoms with E-state index < -0.39 is 17.8 Å². The minimum absolute atomic E-state index is 0.0346. The molecule has 0 aromatic heterocycles. The lowest BCUT2D eigenvalue weighted by Crippen LogP contribution is -2.37. The molecule has 34 heavy (non-hydrogen) atoms. The average molecular weight is 460 g/mol. The number of carbonyl (C=O) groups excluding carboxylic acids is 2. The first-order valence-corrected chi connectivity index (χ1v) is 11.5. The molecule has 0 radical (unpaired) electrons. The Balaban J connectivity index is 1.71. The van der Waals surface area contributed by atoms with Crippen LogP contribution in [0, 0.1) is 5.92 Å². The monoisotopic (exact) mass is 459 g/mol. The Morgan fingerprint density at radius 3 is 2.68 bits per heavy atom. The van der Waals surface area contributed by atoms with E-state index in [2.05, 4.69) is 11.6 Å². The molecular weight excluding hydrogens is 430 g/mol. The van der Waals surface area contributed by atoms with Crippen LogP contribution >= 0.6 is 0 Å². The fourth-order valence-electron chi connectivity index (χ4n) is 4.63. The quantitative estimate of drug-likeness (QED) is 0.401. The summed E-state index contributed by atoms with van der Waals surface area (Å²) in [5, 5.41) is 0. The van der Waals surface area contributed by atoms with E-state index in [1.165, 1.54) is 6.08 Å². The number of methoxy groups -OCH3 is 1. The zero-order valence-corrected chi connectivity index (χ0v) is 19.6. The normalized spacial score (nSPS) is 19.7. The van der Waals surface area contributed by atoms with Gasteiger partial charge in [-0.2, -0.15) is 0 Å². The first kappa shape index (κ1) is 23.5. The van der Waals surface area contributed by atoms with E-state index in [1.54, 1.807) is 7.11 Å². The summed E-state index contributed by atoms with van der Waals surface area (Å²) in [4.78, 5) is 30.8. The Morgan fingerprint density at radius 2 is 1.94 bits per heavy atom. The van der Waals surface area contributed by atoms with Gasteiger partial charge in [0.2, 0.25) is 0 Å². The first-order valence-electron chi connectivity index (χ1n) is 11.5. The Kier molecular flexibility index (Phi) is 7.26. The molecule has 0 fully saturated rings. The van der Waals surface area contributed by atoms with Crippen LogP contribution in [0.15, 0.2) is 77.4 Å². The van der Waals surface area contributed by atoms with E-state index in [9.17, 15) is 9.59 Å². The SMILES string of the molecule is C=CCOC(=O)C1C(C)=NC2=C(C(=O)CCC2)[C@@H]1c1ccc(OCc2ccccc2)c(OC)c1. The van der Waals surface area contributed by atoms with Crippen molar-refractivity contribution >= 4 is 17.5 Å². The van der Waals surface area contributed by atoms with Crippen molar-refractivity contribution in [1.82, 2.24) is 0 Å². The van der Waals surface area contributed by atoms with Gasteiger partial charge in [0.15, 0.2) is 17.3 Å². The molecule has 2 atom stereocenters. The van der Waals surface area contributed by atoms with Gasteiger partial charge in [0.25, 0.3) is 0 Å². The Hall–Kier alpha value is -3.67. The predicted molar refractivity (Wildman–Crippen MR) is 130 cm³/mol. The second-order valence-electron chi connectivity index (χ2n) is 8.45. The second kappa shape index (κ2) is 10.5. The first-order chi connectivity index (χ1) is 16.5. The fourth-order valence-corrected chi connectivity index (χ4v) is 4.63. The van der Waals surface area contributed by atoms with Crippen LogP contribution in [0.25, 0.3) is 0 Å². The molecule has 0 saturated carbocycles. The van der Waals surface area contributed by atoms with Crippen molar-refractivity contribution in [2.24, 2.45) is 10.9 Å². The van der Waals surface area contributed by atoms with Gasteiger partial charge in [-0.3, -0.25) is 14.6 Å². The van der Waals surface area contributed by atoms with E-state index in [1.807, 2.05) is 55.5 Å². The van der Waals surface area contributed by atoms with E-state index in [-0.39, 0.29) is 12.4 Å². The molecule has 0 N–H and O–H groups in total. The van der Waals surface area contributed by atoms with Crippen molar-refractivity contribution in [3.05, 3.63) is 83.6 Å². The molecule has 0 saturated heterocycles. The van der Waals surface area contributed by atoms with Gasteiger partial charge in [-0.05, 0) is 43.0 Å². The highest BCUT2D eigenvalue weighted by Crippen LogP contribution is 2.45. The molecule has 1 unspecified atom stereocenters. The van der Waals surface area contributed by atoms with E-state index in [0.29, 0.717) is 35.8 Å². The van der Waals surface area contributed by atoms with Crippen LogP contribution in [-0.2, 0) is 20.9 Å². The highest BCUT2D eigenvalue weighted by atomic mass is 16.5. The number of allylic oxidation sites excluding steroid dienone is 2. The molecule has 2 aromatic rings. The van der Waals surface area contributed by atoms with Crippen molar-refractivity contribution in [2.75, 3.05) is 13.7 Å². The van der Waals surface area contributed by atoms with E-state index in [0.717, 1.165) is 29.7 Å². The number of ketones is 1. The predicted octanol–water partition coefficient (Wildman–Crippen LogP) is 5.18. The third-order valence-corrected chi connectivity index (χ3v) is 6.22. The number of rotatable bonds is 8. The van der Waals surface area contributed by atoms with Crippen LogP contribution in [0.3, 0.4) is 0 Å². The van der Waals surface area contributed by atoms with Gasteiger partial charge >= 0.3 is 5.97 Å².